The maximum absolute atomic E-state index is 12.1. The summed E-state index contributed by atoms with van der Waals surface area (Å²) in [7, 11) is 0. The molecule has 2 heterocycles. The van der Waals surface area contributed by atoms with Gasteiger partial charge in [-0.1, -0.05) is 30.7 Å². The van der Waals surface area contributed by atoms with Crippen LogP contribution in [-0.2, 0) is 11.2 Å². The summed E-state index contributed by atoms with van der Waals surface area (Å²) >= 11 is 5.85. The van der Waals surface area contributed by atoms with Crippen LogP contribution in [-0.4, -0.2) is 24.0 Å². The lowest BCUT2D eigenvalue weighted by Gasteiger charge is -2.31. The summed E-state index contributed by atoms with van der Waals surface area (Å²) in [6.45, 7) is 4.45. The number of aromatic nitrogens is 1. The fraction of sp³-hybridized carbons (Fsp3) is 0.368. The highest BCUT2D eigenvalue weighted by molar-refractivity contribution is 6.30. The molecule has 1 aliphatic heterocycles. The fourth-order valence-corrected chi connectivity index (χ4v) is 3.01. The predicted molar refractivity (Wildman–Crippen MR) is 98.6 cm³/mol. The zero-order chi connectivity index (χ0) is 16.9. The molecule has 0 radical (unpaired) electrons. The van der Waals surface area contributed by atoms with E-state index in [9.17, 15) is 4.79 Å². The Morgan fingerprint density at radius 1 is 1.21 bits per heavy atom. The molecule has 1 aromatic heterocycles. The zero-order valence-electron chi connectivity index (χ0n) is 13.8. The third-order valence-electron chi connectivity index (χ3n) is 4.44. The molecule has 0 atom stereocenters. The molecule has 1 amide bonds. The minimum Gasteiger partial charge on any atom is -0.370 e. The molecule has 0 bridgehead atoms. The quantitative estimate of drug-likeness (QED) is 0.906. The highest BCUT2D eigenvalue weighted by Crippen LogP contribution is 2.23. The standard InChI is InChI=1S/C19H22ClN3O/c1-14-8-10-23(11-9-14)17-6-7-18(21-13-17)22-19(24)12-15-2-4-16(20)5-3-15/h2-7,13-14H,8-12H2,1H3,(H,21,22,24). The van der Waals surface area contributed by atoms with Crippen molar-refractivity contribution in [2.45, 2.75) is 26.2 Å². The van der Waals surface area contributed by atoms with Crippen molar-refractivity contribution in [3.63, 3.8) is 0 Å². The molecule has 1 fully saturated rings. The average Bonchev–Trinajstić information content (AvgIpc) is 2.58. The first-order chi connectivity index (χ1) is 11.6. The Morgan fingerprint density at radius 3 is 2.54 bits per heavy atom. The zero-order valence-corrected chi connectivity index (χ0v) is 14.6. The van der Waals surface area contributed by atoms with Gasteiger partial charge in [-0.05, 0) is 48.6 Å². The monoisotopic (exact) mass is 343 g/mol. The van der Waals surface area contributed by atoms with E-state index in [0.717, 1.165) is 30.3 Å². The molecule has 1 aromatic carbocycles. The van der Waals surface area contributed by atoms with E-state index in [1.54, 1.807) is 12.1 Å². The van der Waals surface area contributed by atoms with Crippen molar-refractivity contribution < 1.29 is 4.79 Å². The van der Waals surface area contributed by atoms with Gasteiger partial charge in [-0.15, -0.1) is 0 Å². The normalized spacial score (nSPS) is 15.3. The molecule has 2 aromatic rings. The Bertz CT molecular complexity index is 677. The third-order valence-corrected chi connectivity index (χ3v) is 4.69. The van der Waals surface area contributed by atoms with Crippen LogP contribution in [0.3, 0.4) is 0 Å². The molecule has 1 N–H and O–H groups in total. The van der Waals surface area contributed by atoms with Crippen LogP contribution in [0.15, 0.2) is 42.6 Å². The minimum absolute atomic E-state index is 0.0793. The summed E-state index contributed by atoms with van der Waals surface area (Å²) in [6.07, 6.45) is 4.59. The molecule has 5 heteroatoms. The van der Waals surface area contributed by atoms with Crippen LogP contribution < -0.4 is 10.2 Å². The molecule has 3 rings (SSSR count). The van der Waals surface area contributed by atoms with Gasteiger partial charge < -0.3 is 10.2 Å². The summed E-state index contributed by atoms with van der Waals surface area (Å²) in [6, 6.07) is 11.2. The Kier molecular flexibility index (Phi) is 5.36. The Balaban J connectivity index is 1.55. The largest absolute Gasteiger partial charge is 0.370 e. The second-order valence-electron chi connectivity index (χ2n) is 6.42. The number of hydrogen-bond donors (Lipinski definition) is 1. The van der Waals surface area contributed by atoms with Crippen LogP contribution in [0.2, 0.25) is 5.02 Å². The van der Waals surface area contributed by atoms with E-state index in [1.165, 1.54) is 12.8 Å². The van der Waals surface area contributed by atoms with Gasteiger partial charge in [0, 0.05) is 18.1 Å². The summed E-state index contributed by atoms with van der Waals surface area (Å²) in [5.74, 6) is 1.31. The number of pyridine rings is 1. The van der Waals surface area contributed by atoms with E-state index in [1.807, 2.05) is 30.5 Å². The van der Waals surface area contributed by atoms with E-state index >= 15 is 0 Å². The molecule has 0 unspecified atom stereocenters. The van der Waals surface area contributed by atoms with Gasteiger partial charge in [-0.25, -0.2) is 4.98 Å². The van der Waals surface area contributed by atoms with Crippen LogP contribution in [0, 0.1) is 5.92 Å². The van der Waals surface area contributed by atoms with Crippen LogP contribution in [0.1, 0.15) is 25.3 Å². The Hall–Kier alpha value is -2.07. The molecular weight excluding hydrogens is 322 g/mol. The van der Waals surface area contributed by atoms with Gasteiger partial charge in [-0.2, -0.15) is 0 Å². The predicted octanol–water partition coefficient (Wildman–Crippen LogP) is 4.15. The van der Waals surface area contributed by atoms with Crippen LogP contribution in [0.4, 0.5) is 11.5 Å². The highest BCUT2D eigenvalue weighted by Gasteiger charge is 2.16. The average molecular weight is 344 g/mol. The van der Waals surface area contributed by atoms with Crippen LogP contribution >= 0.6 is 11.6 Å². The topological polar surface area (TPSA) is 45.2 Å². The smallest absolute Gasteiger partial charge is 0.229 e. The number of amides is 1. The van der Waals surface area contributed by atoms with E-state index in [2.05, 4.69) is 22.1 Å². The number of nitrogens with zero attached hydrogens (tertiary/aromatic N) is 2. The first kappa shape index (κ1) is 16.8. The summed E-state index contributed by atoms with van der Waals surface area (Å²) in [5, 5.41) is 3.51. The number of carbonyl (C=O) groups is 1. The molecule has 0 saturated carbocycles. The molecular formula is C19H22ClN3O. The Labute approximate surface area is 147 Å². The lowest BCUT2D eigenvalue weighted by Crippen LogP contribution is -2.32. The van der Waals surface area contributed by atoms with Crippen molar-refractivity contribution in [2.75, 3.05) is 23.3 Å². The highest BCUT2D eigenvalue weighted by atomic mass is 35.5. The van der Waals surface area contributed by atoms with Gasteiger partial charge in [-0.3, -0.25) is 4.79 Å². The SMILES string of the molecule is CC1CCN(c2ccc(NC(=O)Cc3ccc(Cl)cc3)nc2)CC1. The summed E-state index contributed by atoms with van der Waals surface area (Å²) in [5.41, 5.74) is 2.05. The first-order valence-corrected chi connectivity index (χ1v) is 8.73. The molecule has 126 valence electrons. The van der Waals surface area contributed by atoms with Crippen molar-refractivity contribution in [1.82, 2.24) is 4.98 Å². The number of hydrogen-bond acceptors (Lipinski definition) is 3. The van der Waals surface area contributed by atoms with Gasteiger partial charge in [0.15, 0.2) is 0 Å². The molecule has 1 aliphatic rings. The molecule has 0 spiro atoms. The maximum Gasteiger partial charge on any atom is 0.229 e. The number of piperidine rings is 1. The molecule has 24 heavy (non-hydrogen) atoms. The van der Waals surface area contributed by atoms with Crippen LogP contribution in [0.25, 0.3) is 0 Å². The van der Waals surface area contributed by atoms with Crippen molar-refractivity contribution in [3.05, 3.63) is 53.2 Å². The number of rotatable bonds is 4. The lowest BCUT2D eigenvalue weighted by molar-refractivity contribution is -0.115. The van der Waals surface area contributed by atoms with E-state index < -0.39 is 0 Å². The van der Waals surface area contributed by atoms with Gasteiger partial charge in [0.1, 0.15) is 5.82 Å². The van der Waals surface area contributed by atoms with Gasteiger partial charge in [0.2, 0.25) is 5.91 Å². The second-order valence-corrected chi connectivity index (χ2v) is 6.86. The van der Waals surface area contributed by atoms with Crippen molar-refractivity contribution in [3.8, 4) is 0 Å². The van der Waals surface area contributed by atoms with Gasteiger partial charge in [0.05, 0.1) is 18.3 Å². The number of benzene rings is 1. The van der Waals surface area contributed by atoms with E-state index in [4.69, 9.17) is 11.6 Å². The lowest BCUT2D eigenvalue weighted by atomic mass is 9.99. The van der Waals surface area contributed by atoms with Crippen molar-refractivity contribution in [2.24, 2.45) is 5.92 Å². The summed E-state index contributed by atoms with van der Waals surface area (Å²) < 4.78 is 0. The molecule has 1 saturated heterocycles. The first-order valence-electron chi connectivity index (χ1n) is 8.35. The Morgan fingerprint density at radius 2 is 1.92 bits per heavy atom. The van der Waals surface area contributed by atoms with Crippen LogP contribution in [0.5, 0.6) is 0 Å². The molecule has 0 aliphatic carbocycles. The maximum atomic E-state index is 12.1. The fourth-order valence-electron chi connectivity index (χ4n) is 2.89. The number of carbonyl (C=O) groups excluding carboxylic acids is 1. The van der Waals surface area contributed by atoms with Gasteiger partial charge in [0.25, 0.3) is 0 Å². The van der Waals surface area contributed by atoms with Crippen molar-refractivity contribution >= 4 is 29.0 Å². The summed E-state index contributed by atoms with van der Waals surface area (Å²) in [4.78, 5) is 18.8. The third kappa shape index (κ3) is 4.48. The van der Waals surface area contributed by atoms with E-state index in [0.29, 0.717) is 17.3 Å². The second kappa shape index (κ2) is 7.67. The van der Waals surface area contributed by atoms with E-state index in [-0.39, 0.29) is 5.91 Å². The number of anilines is 2. The number of halogens is 1. The number of nitrogens with one attached hydrogen (secondary N) is 1. The van der Waals surface area contributed by atoms with Gasteiger partial charge >= 0.3 is 0 Å². The minimum atomic E-state index is -0.0793. The van der Waals surface area contributed by atoms with Crippen molar-refractivity contribution in [1.29, 1.82) is 0 Å². The molecule has 4 nitrogen and oxygen atoms in total.